The highest BCUT2D eigenvalue weighted by Crippen LogP contribution is 2.35. The van der Waals surface area contributed by atoms with Gasteiger partial charge in [-0.1, -0.05) is 54.6 Å². The van der Waals surface area contributed by atoms with Crippen molar-refractivity contribution in [3.8, 4) is 28.0 Å². The highest BCUT2D eigenvalue weighted by Gasteiger charge is 2.17. The maximum atomic E-state index is 15.0. The first kappa shape index (κ1) is 21.9. The third kappa shape index (κ3) is 4.36. The molecular formula is C28H25F3O. The fourth-order valence-electron chi connectivity index (χ4n) is 4.25. The fraction of sp³-hybridized carbons (Fsp3) is 0.214. The van der Waals surface area contributed by atoms with E-state index >= 15 is 0 Å². The summed E-state index contributed by atoms with van der Waals surface area (Å²) in [6, 6.07) is 15.0. The van der Waals surface area contributed by atoms with Gasteiger partial charge in [-0.3, -0.25) is 0 Å². The molecule has 4 heteroatoms. The van der Waals surface area contributed by atoms with E-state index in [9.17, 15) is 13.2 Å². The van der Waals surface area contributed by atoms with Crippen molar-refractivity contribution in [2.24, 2.45) is 5.92 Å². The van der Waals surface area contributed by atoms with Crippen LogP contribution in [0.25, 0.3) is 27.8 Å². The second kappa shape index (κ2) is 9.47. The quantitative estimate of drug-likeness (QED) is 0.368. The van der Waals surface area contributed by atoms with Crippen molar-refractivity contribution in [1.82, 2.24) is 0 Å². The molecule has 1 atom stereocenters. The Labute approximate surface area is 186 Å². The third-order valence-electron chi connectivity index (χ3n) is 6.03. The van der Waals surface area contributed by atoms with E-state index in [-0.39, 0.29) is 17.1 Å². The van der Waals surface area contributed by atoms with Gasteiger partial charge >= 0.3 is 0 Å². The first-order chi connectivity index (χ1) is 15.5. The molecule has 3 aromatic rings. The highest BCUT2D eigenvalue weighted by atomic mass is 19.2. The van der Waals surface area contributed by atoms with Crippen molar-refractivity contribution in [3.63, 3.8) is 0 Å². The van der Waals surface area contributed by atoms with Crippen LogP contribution >= 0.6 is 0 Å². The van der Waals surface area contributed by atoms with Crippen LogP contribution in [0.1, 0.15) is 31.7 Å². The number of allylic oxidation sites excluding steroid dienone is 4. The molecule has 32 heavy (non-hydrogen) atoms. The average Bonchev–Trinajstić information content (AvgIpc) is 2.82. The summed E-state index contributed by atoms with van der Waals surface area (Å²) in [4.78, 5) is 0. The van der Waals surface area contributed by atoms with Crippen molar-refractivity contribution in [1.29, 1.82) is 0 Å². The molecule has 0 saturated heterocycles. The van der Waals surface area contributed by atoms with Crippen molar-refractivity contribution in [2.45, 2.75) is 26.2 Å². The Morgan fingerprint density at radius 1 is 0.844 bits per heavy atom. The number of halogens is 3. The van der Waals surface area contributed by atoms with Gasteiger partial charge in [0, 0.05) is 11.1 Å². The van der Waals surface area contributed by atoms with Crippen LogP contribution in [0.3, 0.4) is 0 Å². The summed E-state index contributed by atoms with van der Waals surface area (Å²) in [7, 11) is 1.29. The molecule has 0 bridgehead atoms. The van der Waals surface area contributed by atoms with Crippen LogP contribution in [0.5, 0.6) is 5.75 Å². The summed E-state index contributed by atoms with van der Waals surface area (Å²) in [5.74, 6) is -1.87. The van der Waals surface area contributed by atoms with Gasteiger partial charge in [0.05, 0.1) is 7.11 Å². The third-order valence-corrected chi connectivity index (χ3v) is 6.03. The van der Waals surface area contributed by atoms with Crippen molar-refractivity contribution in [3.05, 3.63) is 95.8 Å². The molecule has 0 aromatic heterocycles. The monoisotopic (exact) mass is 434 g/mol. The van der Waals surface area contributed by atoms with Gasteiger partial charge in [0.1, 0.15) is 5.82 Å². The molecule has 0 radical (unpaired) electrons. The van der Waals surface area contributed by atoms with Gasteiger partial charge in [-0.05, 0) is 72.6 Å². The van der Waals surface area contributed by atoms with Gasteiger partial charge in [-0.2, -0.15) is 4.39 Å². The molecule has 1 aliphatic carbocycles. The fourth-order valence-corrected chi connectivity index (χ4v) is 4.25. The number of hydrogen-bond donors (Lipinski definition) is 0. The molecule has 0 amide bonds. The molecule has 0 saturated carbocycles. The summed E-state index contributed by atoms with van der Waals surface area (Å²) in [5, 5.41) is 0. The van der Waals surface area contributed by atoms with E-state index < -0.39 is 11.6 Å². The lowest BCUT2D eigenvalue weighted by Crippen LogP contribution is -2.02. The maximum absolute atomic E-state index is 15.0. The van der Waals surface area contributed by atoms with Crippen molar-refractivity contribution < 1.29 is 17.9 Å². The molecule has 0 N–H and O–H groups in total. The Morgan fingerprint density at radius 3 is 2.09 bits per heavy atom. The van der Waals surface area contributed by atoms with Gasteiger partial charge < -0.3 is 4.74 Å². The minimum absolute atomic E-state index is 0.131. The van der Waals surface area contributed by atoms with Crippen molar-refractivity contribution in [2.75, 3.05) is 7.11 Å². The van der Waals surface area contributed by atoms with Crippen LogP contribution in [-0.2, 0) is 0 Å². The number of methoxy groups -OCH3 is 1. The number of rotatable bonds is 5. The van der Waals surface area contributed by atoms with E-state index in [1.807, 2.05) is 13.0 Å². The van der Waals surface area contributed by atoms with E-state index in [1.165, 1.54) is 24.8 Å². The van der Waals surface area contributed by atoms with E-state index in [0.717, 1.165) is 24.8 Å². The van der Waals surface area contributed by atoms with Gasteiger partial charge in [0.2, 0.25) is 5.82 Å². The van der Waals surface area contributed by atoms with E-state index in [0.29, 0.717) is 22.6 Å². The molecule has 3 aromatic carbocycles. The molecule has 164 valence electrons. The largest absolute Gasteiger partial charge is 0.494 e. The van der Waals surface area contributed by atoms with E-state index in [4.69, 9.17) is 4.74 Å². The molecule has 4 rings (SSSR count). The standard InChI is InChI=1S/C28H25F3O/c1-3-4-18-5-7-19(8-6-18)22-13-14-23(25(29)17-22)20-9-11-21(12-10-20)24-15-16-26(32-2)28(31)27(24)30/h3-4,7,9-18H,5-6,8H2,1-2H3/b4-3+. The lowest BCUT2D eigenvalue weighted by molar-refractivity contribution is 0.372. The van der Waals surface area contributed by atoms with Crippen LogP contribution in [0.15, 0.2) is 72.8 Å². The Balaban J connectivity index is 1.57. The number of ether oxygens (including phenoxy) is 1. The number of benzene rings is 3. The predicted molar refractivity (Wildman–Crippen MR) is 124 cm³/mol. The van der Waals surface area contributed by atoms with Gasteiger partial charge in [-0.25, -0.2) is 8.78 Å². The van der Waals surface area contributed by atoms with E-state index in [2.05, 4.69) is 18.2 Å². The first-order valence-corrected chi connectivity index (χ1v) is 10.8. The summed E-state index contributed by atoms with van der Waals surface area (Å²) >= 11 is 0. The zero-order chi connectivity index (χ0) is 22.7. The molecular weight excluding hydrogens is 409 g/mol. The topological polar surface area (TPSA) is 9.23 Å². The summed E-state index contributed by atoms with van der Waals surface area (Å²) in [5.41, 5.74) is 3.89. The Kier molecular flexibility index (Phi) is 6.50. The Morgan fingerprint density at radius 2 is 1.50 bits per heavy atom. The molecule has 1 nitrogen and oxygen atoms in total. The smallest absolute Gasteiger partial charge is 0.201 e. The second-order valence-corrected chi connectivity index (χ2v) is 8.00. The van der Waals surface area contributed by atoms with Gasteiger partial charge in [0.25, 0.3) is 0 Å². The molecule has 0 heterocycles. The molecule has 0 aliphatic heterocycles. The van der Waals surface area contributed by atoms with Gasteiger partial charge in [0.15, 0.2) is 11.6 Å². The average molecular weight is 435 g/mol. The zero-order valence-corrected chi connectivity index (χ0v) is 18.2. The predicted octanol–water partition coefficient (Wildman–Crippen LogP) is 8.21. The normalized spacial score (nSPS) is 16.3. The second-order valence-electron chi connectivity index (χ2n) is 8.00. The van der Waals surface area contributed by atoms with Crippen LogP contribution < -0.4 is 4.74 Å². The Bertz CT molecular complexity index is 1180. The lowest BCUT2D eigenvalue weighted by Gasteiger charge is -2.20. The van der Waals surface area contributed by atoms with Crippen LogP contribution in [0.2, 0.25) is 0 Å². The van der Waals surface area contributed by atoms with Crippen molar-refractivity contribution >= 4 is 5.57 Å². The highest BCUT2D eigenvalue weighted by molar-refractivity contribution is 5.74. The molecule has 1 unspecified atom stereocenters. The SMILES string of the molecule is C/C=C/C1CC=C(c2ccc(-c3ccc(-c4ccc(OC)c(F)c4F)cc3)c(F)c2)CC1. The number of hydrogen-bond acceptors (Lipinski definition) is 1. The summed E-state index contributed by atoms with van der Waals surface area (Å²) in [6.07, 6.45) is 9.51. The van der Waals surface area contributed by atoms with Crippen LogP contribution in [0.4, 0.5) is 13.2 Å². The minimum Gasteiger partial charge on any atom is -0.494 e. The van der Waals surface area contributed by atoms with Crippen LogP contribution in [-0.4, -0.2) is 7.11 Å². The maximum Gasteiger partial charge on any atom is 0.201 e. The molecule has 0 fully saturated rings. The lowest BCUT2D eigenvalue weighted by atomic mass is 9.86. The molecule has 0 spiro atoms. The van der Waals surface area contributed by atoms with Gasteiger partial charge in [-0.15, -0.1) is 0 Å². The van der Waals surface area contributed by atoms with Crippen LogP contribution in [0, 0.1) is 23.4 Å². The first-order valence-electron chi connectivity index (χ1n) is 10.8. The summed E-state index contributed by atoms with van der Waals surface area (Å²) in [6.45, 7) is 2.03. The summed E-state index contributed by atoms with van der Waals surface area (Å²) < 4.78 is 48.2. The Hall–Kier alpha value is -3.27. The minimum atomic E-state index is -1.02. The van der Waals surface area contributed by atoms with E-state index in [1.54, 1.807) is 36.4 Å². The zero-order valence-electron chi connectivity index (χ0n) is 18.2. The molecule has 1 aliphatic rings.